The Kier molecular flexibility index (Phi) is 5.28. The largest absolute Gasteiger partial charge is 0.480 e. The first-order chi connectivity index (χ1) is 10.4. The van der Waals surface area contributed by atoms with Crippen molar-refractivity contribution in [3.8, 4) is 0 Å². The van der Waals surface area contributed by atoms with E-state index >= 15 is 0 Å². The van der Waals surface area contributed by atoms with Gasteiger partial charge in [0.15, 0.2) is 0 Å². The van der Waals surface area contributed by atoms with Gasteiger partial charge in [-0.3, -0.25) is 4.79 Å². The summed E-state index contributed by atoms with van der Waals surface area (Å²) in [4.78, 5) is 22.5. The normalized spacial score (nSPS) is 13.5. The minimum atomic E-state index is -5.09. The van der Waals surface area contributed by atoms with E-state index < -0.39 is 47.0 Å². The quantitative estimate of drug-likeness (QED) is 0.825. The molecule has 1 aromatic rings. The highest BCUT2D eigenvalue weighted by Gasteiger charge is 2.37. The molecule has 1 amide bonds. The molecule has 1 atom stereocenters. The van der Waals surface area contributed by atoms with E-state index in [-0.39, 0.29) is 24.6 Å². The molecule has 0 aliphatic rings. The number of amides is 1. The van der Waals surface area contributed by atoms with Gasteiger partial charge in [-0.1, -0.05) is 6.92 Å². The van der Waals surface area contributed by atoms with Gasteiger partial charge in [-0.15, -0.1) is 0 Å². The minimum absolute atomic E-state index is 0.0911. The second-order valence-corrected chi connectivity index (χ2v) is 4.57. The van der Waals surface area contributed by atoms with Crippen LogP contribution in [0.5, 0.6) is 0 Å². The van der Waals surface area contributed by atoms with Crippen LogP contribution in [0, 0.1) is 0 Å². The zero-order valence-corrected chi connectivity index (χ0v) is 11.5. The maximum atomic E-state index is 12.7. The number of aliphatic carboxylic acids is 1. The van der Waals surface area contributed by atoms with E-state index in [0.29, 0.717) is 0 Å². The Hall–Kier alpha value is -2.26. The Labute approximate surface area is 126 Å². The number of alkyl halides is 6. The van der Waals surface area contributed by atoms with Crippen LogP contribution in [0.25, 0.3) is 0 Å². The topological polar surface area (TPSA) is 66.4 Å². The highest BCUT2D eigenvalue weighted by Crippen LogP contribution is 2.36. The van der Waals surface area contributed by atoms with Crippen molar-refractivity contribution >= 4 is 11.9 Å². The van der Waals surface area contributed by atoms with Gasteiger partial charge < -0.3 is 10.4 Å². The standard InChI is InChI=1S/C13H11F6NO3/c1-2-9(11(22)23)20-10(21)6-3-7(12(14,15)16)5-8(4-6)13(17,18)19/h3-5,9H,2H2,1H3,(H,20,21)(H,22,23)/t9-/m1/s1. The average molecular weight is 343 g/mol. The molecule has 0 unspecified atom stereocenters. The highest BCUT2D eigenvalue weighted by atomic mass is 19.4. The van der Waals surface area contributed by atoms with Crippen LogP contribution >= 0.6 is 0 Å². The Morgan fingerprint density at radius 2 is 1.48 bits per heavy atom. The lowest BCUT2D eigenvalue weighted by molar-refractivity contribution is -0.143. The fraction of sp³-hybridized carbons (Fsp3) is 0.385. The maximum Gasteiger partial charge on any atom is 0.416 e. The van der Waals surface area contributed by atoms with Crippen molar-refractivity contribution in [2.75, 3.05) is 0 Å². The van der Waals surface area contributed by atoms with Crippen LogP contribution in [0.4, 0.5) is 26.3 Å². The fourth-order valence-corrected chi connectivity index (χ4v) is 1.67. The van der Waals surface area contributed by atoms with Crippen LogP contribution < -0.4 is 5.32 Å². The summed E-state index contributed by atoms with van der Waals surface area (Å²) in [6.07, 6.45) is -10.3. The first-order valence-corrected chi connectivity index (χ1v) is 6.19. The number of hydrogen-bond donors (Lipinski definition) is 2. The molecule has 0 radical (unpaired) electrons. The van der Waals surface area contributed by atoms with Gasteiger partial charge in [-0.25, -0.2) is 4.79 Å². The summed E-state index contributed by atoms with van der Waals surface area (Å²) in [6, 6.07) is -1.07. The average Bonchev–Trinajstić information content (AvgIpc) is 2.41. The molecule has 23 heavy (non-hydrogen) atoms. The Bertz CT molecular complexity index is 576. The minimum Gasteiger partial charge on any atom is -0.480 e. The van der Waals surface area contributed by atoms with E-state index in [2.05, 4.69) is 0 Å². The first kappa shape index (κ1) is 18.8. The molecule has 0 bridgehead atoms. The molecule has 1 rings (SSSR count). The summed E-state index contributed by atoms with van der Waals surface area (Å²) in [5, 5.41) is 10.6. The van der Waals surface area contributed by atoms with Crippen LogP contribution in [-0.2, 0) is 17.1 Å². The van der Waals surface area contributed by atoms with Crippen molar-refractivity contribution in [3.63, 3.8) is 0 Å². The molecule has 2 N–H and O–H groups in total. The molecule has 0 aliphatic carbocycles. The molecule has 0 heterocycles. The summed E-state index contributed by atoms with van der Waals surface area (Å²) in [7, 11) is 0. The number of carbonyl (C=O) groups is 2. The number of carbonyl (C=O) groups excluding carboxylic acids is 1. The van der Waals surface area contributed by atoms with E-state index in [1.165, 1.54) is 6.92 Å². The molecule has 0 saturated carbocycles. The van der Waals surface area contributed by atoms with Gasteiger partial charge in [0.1, 0.15) is 6.04 Å². The van der Waals surface area contributed by atoms with Gasteiger partial charge in [0, 0.05) is 5.56 Å². The number of hydrogen-bond acceptors (Lipinski definition) is 2. The van der Waals surface area contributed by atoms with Gasteiger partial charge in [0.2, 0.25) is 0 Å². The third-order valence-electron chi connectivity index (χ3n) is 2.86. The summed E-state index contributed by atoms with van der Waals surface area (Å²) in [5.41, 5.74) is -4.23. The third kappa shape index (κ3) is 4.86. The number of nitrogens with one attached hydrogen (secondary N) is 1. The van der Waals surface area contributed by atoms with Gasteiger partial charge in [0.05, 0.1) is 11.1 Å². The molecule has 0 fully saturated rings. The van der Waals surface area contributed by atoms with E-state index in [0.717, 1.165) is 0 Å². The van der Waals surface area contributed by atoms with Gasteiger partial charge in [0.25, 0.3) is 5.91 Å². The molecule has 10 heteroatoms. The number of rotatable bonds is 4. The zero-order chi connectivity index (χ0) is 18.0. The summed E-state index contributed by atoms with van der Waals surface area (Å²) in [6.45, 7) is 1.38. The van der Waals surface area contributed by atoms with Crippen molar-refractivity contribution in [2.24, 2.45) is 0 Å². The van der Waals surface area contributed by atoms with Gasteiger partial charge in [-0.05, 0) is 24.6 Å². The lowest BCUT2D eigenvalue weighted by atomic mass is 10.0. The van der Waals surface area contributed by atoms with E-state index in [4.69, 9.17) is 5.11 Å². The molecular weight excluding hydrogens is 332 g/mol. The predicted octanol–water partition coefficient (Wildman–Crippen LogP) is 3.32. The van der Waals surface area contributed by atoms with Crippen molar-refractivity contribution in [2.45, 2.75) is 31.7 Å². The van der Waals surface area contributed by atoms with Crippen LogP contribution in [0.3, 0.4) is 0 Å². The second kappa shape index (κ2) is 6.47. The Balaban J connectivity index is 3.30. The highest BCUT2D eigenvalue weighted by molar-refractivity contribution is 5.97. The Morgan fingerprint density at radius 1 is 1.04 bits per heavy atom. The van der Waals surface area contributed by atoms with Gasteiger partial charge >= 0.3 is 18.3 Å². The lowest BCUT2D eigenvalue weighted by Crippen LogP contribution is -2.40. The maximum absolute atomic E-state index is 12.7. The van der Waals surface area contributed by atoms with Crippen molar-refractivity contribution in [3.05, 3.63) is 34.9 Å². The molecule has 0 aliphatic heterocycles. The summed E-state index contributed by atoms with van der Waals surface area (Å²) >= 11 is 0. The summed E-state index contributed by atoms with van der Waals surface area (Å²) in [5.74, 6) is -2.79. The van der Waals surface area contributed by atoms with Crippen molar-refractivity contribution in [1.29, 1.82) is 0 Å². The van der Waals surface area contributed by atoms with E-state index in [1.807, 2.05) is 5.32 Å². The smallest absolute Gasteiger partial charge is 0.416 e. The SMILES string of the molecule is CC[C@@H](NC(=O)c1cc(C(F)(F)F)cc(C(F)(F)F)c1)C(=O)O. The lowest BCUT2D eigenvalue weighted by Gasteiger charge is -2.16. The number of carboxylic acid groups (broad SMARTS) is 1. The van der Waals surface area contributed by atoms with Gasteiger partial charge in [-0.2, -0.15) is 26.3 Å². The van der Waals surface area contributed by atoms with Crippen LogP contribution in [-0.4, -0.2) is 23.0 Å². The van der Waals surface area contributed by atoms with Crippen LogP contribution in [0.2, 0.25) is 0 Å². The fourth-order valence-electron chi connectivity index (χ4n) is 1.67. The number of benzene rings is 1. The molecule has 0 saturated heterocycles. The molecular formula is C13H11F6NO3. The Morgan fingerprint density at radius 3 is 1.78 bits per heavy atom. The van der Waals surface area contributed by atoms with E-state index in [1.54, 1.807) is 0 Å². The predicted molar refractivity (Wildman–Crippen MR) is 65.6 cm³/mol. The monoisotopic (exact) mass is 343 g/mol. The summed E-state index contributed by atoms with van der Waals surface area (Å²) < 4.78 is 76.0. The first-order valence-electron chi connectivity index (χ1n) is 6.19. The molecule has 0 aromatic heterocycles. The van der Waals surface area contributed by atoms with Crippen molar-refractivity contribution < 1.29 is 41.0 Å². The van der Waals surface area contributed by atoms with E-state index in [9.17, 15) is 35.9 Å². The third-order valence-corrected chi connectivity index (χ3v) is 2.86. The number of halogens is 6. The zero-order valence-electron chi connectivity index (χ0n) is 11.5. The molecule has 4 nitrogen and oxygen atoms in total. The second-order valence-electron chi connectivity index (χ2n) is 4.57. The van der Waals surface area contributed by atoms with Crippen LogP contribution in [0.15, 0.2) is 18.2 Å². The van der Waals surface area contributed by atoms with Crippen LogP contribution in [0.1, 0.15) is 34.8 Å². The molecule has 1 aromatic carbocycles. The number of carboxylic acids is 1. The molecule has 0 spiro atoms. The molecule has 128 valence electrons. The van der Waals surface area contributed by atoms with Crippen molar-refractivity contribution in [1.82, 2.24) is 5.32 Å².